The van der Waals surface area contributed by atoms with Gasteiger partial charge in [0.05, 0.1) is 11.9 Å². The molecule has 0 aliphatic carbocycles. The second-order valence-electron chi connectivity index (χ2n) is 4.87. The van der Waals surface area contributed by atoms with E-state index >= 15 is 0 Å². The number of nitrogens with zero attached hydrogens (tertiary/aromatic N) is 2. The molecule has 22 heavy (non-hydrogen) atoms. The highest BCUT2D eigenvalue weighted by Gasteiger charge is 2.07. The van der Waals surface area contributed by atoms with Crippen molar-refractivity contribution in [1.82, 2.24) is 9.55 Å². The number of aromatic nitrogens is 2. The first-order valence-corrected chi connectivity index (χ1v) is 7.70. The predicted molar refractivity (Wildman–Crippen MR) is 92.8 cm³/mol. The summed E-state index contributed by atoms with van der Waals surface area (Å²) >= 11 is 1.67. The average Bonchev–Trinajstić information content (AvgIpc) is 3.13. The minimum absolute atomic E-state index is 0.243. The van der Waals surface area contributed by atoms with Crippen molar-refractivity contribution in [3.63, 3.8) is 0 Å². The lowest BCUT2D eigenvalue weighted by molar-refractivity contribution is -0.111. The first kappa shape index (κ1) is 14.3. The minimum atomic E-state index is -0.243. The van der Waals surface area contributed by atoms with E-state index in [2.05, 4.69) is 40.5 Å². The summed E-state index contributed by atoms with van der Waals surface area (Å²) in [6.45, 7) is 3.45. The fourth-order valence-electron chi connectivity index (χ4n) is 2.24. The summed E-state index contributed by atoms with van der Waals surface area (Å²) < 4.78 is 1.97. The molecule has 3 aromatic heterocycles. The molecule has 0 saturated heterocycles. The van der Waals surface area contributed by atoms with Crippen LogP contribution >= 0.6 is 11.3 Å². The number of fused-ring (bicyclic) bond motifs is 1. The molecule has 0 aliphatic rings. The third-order valence-electron chi connectivity index (χ3n) is 3.30. The average molecular weight is 309 g/mol. The van der Waals surface area contributed by atoms with Crippen LogP contribution in [0.4, 0.5) is 5.69 Å². The Bertz CT molecular complexity index is 860. The van der Waals surface area contributed by atoms with Crippen LogP contribution in [0, 0.1) is 0 Å². The van der Waals surface area contributed by atoms with Crippen molar-refractivity contribution in [2.75, 3.05) is 5.32 Å². The molecule has 0 radical (unpaired) electrons. The first-order valence-electron chi connectivity index (χ1n) is 6.76. The smallest absolute Gasteiger partial charge is 0.247 e. The molecule has 5 heteroatoms. The van der Waals surface area contributed by atoms with Crippen molar-refractivity contribution in [3.8, 4) is 0 Å². The highest BCUT2D eigenvalue weighted by Crippen LogP contribution is 2.24. The summed E-state index contributed by atoms with van der Waals surface area (Å²) in [4.78, 5) is 15.8. The molecule has 1 amide bonds. The molecular weight excluding hydrogens is 294 g/mol. The highest BCUT2D eigenvalue weighted by molar-refractivity contribution is 7.08. The number of rotatable bonds is 4. The summed E-state index contributed by atoms with van der Waals surface area (Å²) in [5, 5.41) is 7.88. The van der Waals surface area contributed by atoms with Gasteiger partial charge >= 0.3 is 0 Å². The monoisotopic (exact) mass is 309 g/mol. The second-order valence-corrected chi connectivity index (χ2v) is 5.65. The quantitative estimate of drug-likeness (QED) is 0.742. The number of carbonyl (C=O) groups is 1. The van der Waals surface area contributed by atoms with Gasteiger partial charge in [-0.15, -0.1) is 0 Å². The van der Waals surface area contributed by atoms with Crippen molar-refractivity contribution in [2.45, 2.75) is 0 Å². The molecule has 110 valence electrons. The van der Waals surface area contributed by atoms with Gasteiger partial charge in [0.2, 0.25) is 5.91 Å². The molecule has 3 aromatic rings. The van der Waals surface area contributed by atoms with E-state index in [4.69, 9.17) is 0 Å². The Morgan fingerprint density at radius 2 is 2.32 bits per heavy atom. The molecule has 1 N–H and O–H groups in total. The fraction of sp³-hybridized carbons (Fsp3) is 0.0588. The Hall–Kier alpha value is -2.66. The van der Waals surface area contributed by atoms with Gasteiger partial charge in [-0.3, -0.25) is 4.79 Å². The zero-order valence-electron chi connectivity index (χ0n) is 12.1. The van der Waals surface area contributed by atoms with Gasteiger partial charge in [0.15, 0.2) is 0 Å². The third kappa shape index (κ3) is 2.84. The molecule has 0 aliphatic heterocycles. The largest absolute Gasteiger partial charge is 0.335 e. The Morgan fingerprint density at radius 3 is 3.05 bits per heavy atom. The number of hydrogen-bond acceptors (Lipinski definition) is 3. The van der Waals surface area contributed by atoms with E-state index in [9.17, 15) is 4.79 Å². The van der Waals surface area contributed by atoms with E-state index in [-0.39, 0.29) is 5.91 Å². The van der Waals surface area contributed by atoms with Crippen LogP contribution in [0.1, 0.15) is 11.1 Å². The van der Waals surface area contributed by atoms with E-state index in [0.29, 0.717) is 5.69 Å². The zero-order valence-corrected chi connectivity index (χ0v) is 12.9. The van der Waals surface area contributed by atoms with Crippen LogP contribution in [0.25, 0.3) is 23.2 Å². The number of amides is 1. The molecule has 0 spiro atoms. The van der Waals surface area contributed by atoms with Gasteiger partial charge in [-0.05, 0) is 34.5 Å². The number of thiophene rings is 1. The number of aryl methyl sites for hydroxylation is 1. The molecule has 0 atom stereocenters. The van der Waals surface area contributed by atoms with E-state index < -0.39 is 0 Å². The van der Waals surface area contributed by atoms with Gasteiger partial charge in [-0.1, -0.05) is 18.7 Å². The standard InChI is InChI=1S/C17H15N3OS/c1-3-16(21)19-14-8-15-13(5-4-12-6-7-22-11-12)10-20(2)17(15)18-9-14/h3-11H,1H2,2H3,(H,19,21). The number of hydrogen-bond donors (Lipinski definition) is 1. The number of carbonyl (C=O) groups excluding carboxylic acids is 1. The van der Waals surface area contributed by atoms with Crippen LogP contribution < -0.4 is 5.32 Å². The summed E-state index contributed by atoms with van der Waals surface area (Å²) in [7, 11) is 1.96. The Balaban J connectivity index is 2.00. The predicted octanol–water partition coefficient (Wildman–Crippen LogP) is 3.93. The number of anilines is 1. The molecule has 0 saturated carbocycles. The Labute approximate surface area is 132 Å². The summed E-state index contributed by atoms with van der Waals surface area (Å²) in [6, 6.07) is 4.00. The van der Waals surface area contributed by atoms with Gasteiger partial charge in [-0.2, -0.15) is 11.3 Å². The Kier molecular flexibility index (Phi) is 3.89. The van der Waals surface area contributed by atoms with Crippen LogP contribution in [0.3, 0.4) is 0 Å². The lowest BCUT2D eigenvalue weighted by atomic mass is 10.2. The number of pyridine rings is 1. The second kappa shape index (κ2) is 5.99. The van der Waals surface area contributed by atoms with Crippen LogP contribution in [-0.2, 0) is 11.8 Å². The van der Waals surface area contributed by atoms with Gasteiger partial charge in [0.25, 0.3) is 0 Å². The topological polar surface area (TPSA) is 46.9 Å². The van der Waals surface area contributed by atoms with Gasteiger partial charge in [0, 0.05) is 24.2 Å². The van der Waals surface area contributed by atoms with Crippen LogP contribution in [0.5, 0.6) is 0 Å². The molecule has 0 unspecified atom stereocenters. The van der Waals surface area contributed by atoms with E-state index in [1.165, 1.54) is 11.6 Å². The maximum Gasteiger partial charge on any atom is 0.247 e. The van der Waals surface area contributed by atoms with Gasteiger partial charge < -0.3 is 9.88 Å². The van der Waals surface area contributed by atoms with E-state index in [1.54, 1.807) is 17.5 Å². The van der Waals surface area contributed by atoms with E-state index in [1.807, 2.05) is 29.3 Å². The van der Waals surface area contributed by atoms with Gasteiger partial charge in [-0.25, -0.2) is 4.98 Å². The molecule has 0 bridgehead atoms. The molecule has 3 heterocycles. The van der Waals surface area contributed by atoms with Crippen molar-refractivity contribution >= 4 is 46.1 Å². The van der Waals surface area contributed by atoms with Gasteiger partial charge in [0.1, 0.15) is 5.65 Å². The maximum atomic E-state index is 11.4. The normalized spacial score (nSPS) is 11.1. The SMILES string of the molecule is C=CC(=O)Nc1cnc2c(c1)c(C=Cc1ccsc1)cn2C. The van der Waals surface area contributed by atoms with Crippen molar-refractivity contribution in [3.05, 3.63) is 59.1 Å². The highest BCUT2D eigenvalue weighted by atomic mass is 32.1. The van der Waals surface area contributed by atoms with Crippen LogP contribution in [-0.4, -0.2) is 15.5 Å². The van der Waals surface area contributed by atoms with Crippen LogP contribution in [0.15, 0.2) is 47.9 Å². The fourth-order valence-corrected chi connectivity index (χ4v) is 2.87. The zero-order chi connectivity index (χ0) is 15.5. The molecule has 0 aromatic carbocycles. The first-order chi connectivity index (χ1) is 10.7. The lowest BCUT2D eigenvalue weighted by Gasteiger charge is -2.02. The van der Waals surface area contributed by atoms with E-state index in [0.717, 1.165) is 16.6 Å². The number of nitrogens with one attached hydrogen (secondary N) is 1. The minimum Gasteiger partial charge on any atom is -0.335 e. The third-order valence-corrected chi connectivity index (χ3v) is 4.00. The van der Waals surface area contributed by atoms with Crippen molar-refractivity contribution < 1.29 is 4.79 Å². The lowest BCUT2D eigenvalue weighted by Crippen LogP contribution is -2.07. The molecular formula is C17H15N3OS. The summed E-state index contributed by atoms with van der Waals surface area (Å²) in [6.07, 6.45) is 9.05. The molecule has 4 nitrogen and oxygen atoms in total. The summed E-state index contributed by atoms with van der Waals surface area (Å²) in [5.74, 6) is -0.243. The molecule has 3 rings (SSSR count). The van der Waals surface area contributed by atoms with Crippen LogP contribution in [0.2, 0.25) is 0 Å². The molecule has 0 fully saturated rings. The summed E-state index contributed by atoms with van der Waals surface area (Å²) in [5.41, 5.74) is 3.77. The Morgan fingerprint density at radius 1 is 1.45 bits per heavy atom. The van der Waals surface area contributed by atoms with Crippen molar-refractivity contribution in [2.24, 2.45) is 7.05 Å². The maximum absolute atomic E-state index is 11.4. The van der Waals surface area contributed by atoms with Crippen molar-refractivity contribution in [1.29, 1.82) is 0 Å².